The SMILES string of the molecule is Cl.NCCc1nc(C(=O)NCc2ccc(Cl)s2)cs1. The average molecular weight is 338 g/mol. The summed E-state index contributed by atoms with van der Waals surface area (Å²) in [4.78, 5) is 17.1. The lowest BCUT2D eigenvalue weighted by atomic mass is 10.4. The predicted molar refractivity (Wildman–Crippen MR) is 82.6 cm³/mol. The second kappa shape index (κ2) is 7.81. The number of hydrogen-bond acceptors (Lipinski definition) is 5. The number of nitrogens with two attached hydrogens (primary N) is 1. The zero-order valence-corrected chi connectivity index (χ0v) is 13.1. The van der Waals surface area contributed by atoms with E-state index in [4.69, 9.17) is 17.3 Å². The molecular weight excluding hydrogens is 325 g/mol. The Morgan fingerprint density at radius 2 is 2.26 bits per heavy atom. The number of rotatable bonds is 5. The Hall–Kier alpha value is -0.660. The fourth-order valence-corrected chi connectivity index (χ4v) is 3.18. The quantitative estimate of drug-likeness (QED) is 0.881. The van der Waals surface area contributed by atoms with Gasteiger partial charge in [-0.05, 0) is 18.7 Å². The molecule has 0 unspecified atom stereocenters. The van der Waals surface area contributed by atoms with E-state index in [2.05, 4.69) is 10.3 Å². The van der Waals surface area contributed by atoms with Crippen molar-refractivity contribution >= 4 is 52.6 Å². The van der Waals surface area contributed by atoms with Crippen molar-refractivity contribution in [2.75, 3.05) is 6.54 Å². The van der Waals surface area contributed by atoms with Crippen LogP contribution in [0.2, 0.25) is 4.34 Å². The van der Waals surface area contributed by atoms with Gasteiger partial charge in [0.25, 0.3) is 5.91 Å². The topological polar surface area (TPSA) is 68.0 Å². The van der Waals surface area contributed by atoms with Gasteiger partial charge < -0.3 is 11.1 Å². The van der Waals surface area contributed by atoms with Crippen LogP contribution >= 0.6 is 46.7 Å². The lowest BCUT2D eigenvalue weighted by molar-refractivity contribution is 0.0947. The van der Waals surface area contributed by atoms with E-state index in [0.717, 1.165) is 14.2 Å². The highest BCUT2D eigenvalue weighted by Gasteiger charge is 2.10. The summed E-state index contributed by atoms with van der Waals surface area (Å²) < 4.78 is 0.720. The first-order valence-electron chi connectivity index (χ1n) is 5.36. The van der Waals surface area contributed by atoms with Gasteiger partial charge in [0.2, 0.25) is 0 Å². The molecule has 19 heavy (non-hydrogen) atoms. The third kappa shape index (κ3) is 4.74. The third-order valence-electron chi connectivity index (χ3n) is 2.19. The molecule has 0 radical (unpaired) electrons. The summed E-state index contributed by atoms with van der Waals surface area (Å²) in [6.07, 6.45) is 0.707. The van der Waals surface area contributed by atoms with E-state index >= 15 is 0 Å². The van der Waals surface area contributed by atoms with Crippen LogP contribution < -0.4 is 11.1 Å². The molecule has 8 heteroatoms. The molecule has 2 heterocycles. The lowest BCUT2D eigenvalue weighted by Crippen LogP contribution is -2.22. The number of carbonyl (C=O) groups excluding carboxylic acids is 1. The van der Waals surface area contributed by atoms with Crippen LogP contribution in [-0.2, 0) is 13.0 Å². The van der Waals surface area contributed by atoms with Crippen LogP contribution in [0, 0.1) is 0 Å². The fourth-order valence-electron chi connectivity index (χ4n) is 1.36. The Morgan fingerprint density at radius 3 is 2.89 bits per heavy atom. The van der Waals surface area contributed by atoms with Gasteiger partial charge in [0.05, 0.1) is 15.9 Å². The van der Waals surface area contributed by atoms with Crippen molar-refractivity contribution < 1.29 is 4.79 Å². The van der Waals surface area contributed by atoms with Crippen molar-refractivity contribution in [3.8, 4) is 0 Å². The number of thiophene rings is 1. The molecule has 0 aromatic carbocycles. The standard InChI is InChI=1S/C11H12ClN3OS2.ClH/c12-9-2-1-7(18-9)5-14-11(16)8-6-17-10(15-8)3-4-13;/h1-2,6H,3-5,13H2,(H,14,16);1H. The molecule has 0 fully saturated rings. The van der Waals surface area contributed by atoms with E-state index in [-0.39, 0.29) is 18.3 Å². The first-order valence-corrected chi connectivity index (χ1v) is 7.43. The van der Waals surface area contributed by atoms with Crippen molar-refractivity contribution in [3.63, 3.8) is 0 Å². The molecule has 0 aliphatic carbocycles. The molecule has 4 nitrogen and oxygen atoms in total. The van der Waals surface area contributed by atoms with E-state index in [1.165, 1.54) is 22.7 Å². The maximum atomic E-state index is 11.8. The molecule has 0 saturated carbocycles. The molecule has 3 N–H and O–H groups in total. The molecule has 2 rings (SSSR count). The minimum absolute atomic E-state index is 0. The van der Waals surface area contributed by atoms with E-state index in [1.54, 1.807) is 5.38 Å². The molecule has 0 aliphatic heterocycles. The molecule has 0 aliphatic rings. The van der Waals surface area contributed by atoms with Crippen LogP contribution in [0.1, 0.15) is 20.4 Å². The molecule has 0 bridgehead atoms. The van der Waals surface area contributed by atoms with Gasteiger partial charge in [-0.1, -0.05) is 11.6 Å². The smallest absolute Gasteiger partial charge is 0.271 e. The van der Waals surface area contributed by atoms with Gasteiger partial charge in [-0.3, -0.25) is 4.79 Å². The van der Waals surface area contributed by atoms with Gasteiger partial charge in [-0.15, -0.1) is 35.1 Å². The highest BCUT2D eigenvalue weighted by atomic mass is 35.5. The molecule has 0 saturated heterocycles. The first-order chi connectivity index (χ1) is 8.69. The number of nitrogens with zero attached hydrogens (tertiary/aromatic N) is 1. The number of carbonyl (C=O) groups is 1. The zero-order chi connectivity index (χ0) is 13.0. The largest absolute Gasteiger partial charge is 0.346 e. The maximum absolute atomic E-state index is 11.8. The summed E-state index contributed by atoms with van der Waals surface area (Å²) in [5, 5.41) is 5.45. The van der Waals surface area contributed by atoms with Gasteiger partial charge in [0, 0.05) is 16.7 Å². The van der Waals surface area contributed by atoms with Gasteiger partial charge >= 0.3 is 0 Å². The summed E-state index contributed by atoms with van der Waals surface area (Å²) in [6.45, 7) is 1.02. The Balaban J connectivity index is 0.00000180. The van der Waals surface area contributed by atoms with Crippen LogP contribution in [0.4, 0.5) is 0 Å². The Morgan fingerprint density at radius 1 is 1.47 bits per heavy atom. The maximum Gasteiger partial charge on any atom is 0.271 e. The summed E-state index contributed by atoms with van der Waals surface area (Å²) in [7, 11) is 0. The Kier molecular flexibility index (Phi) is 6.74. The summed E-state index contributed by atoms with van der Waals surface area (Å²) in [5.41, 5.74) is 5.89. The second-order valence-electron chi connectivity index (χ2n) is 3.55. The average Bonchev–Trinajstić information content (AvgIpc) is 2.96. The molecule has 2 aromatic rings. The zero-order valence-electron chi connectivity index (χ0n) is 9.89. The van der Waals surface area contributed by atoms with Gasteiger partial charge in [-0.25, -0.2) is 4.98 Å². The molecule has 0 spiro atoms. The summed E-state index contributed by atoms with van der Waals surface area (Å²) >= 11 is 8.73. The Bertz CT molecular complexity index is 542. The lowest BCUT2D eigenvalue weighted by Gasteiger charge is -2.00. The number of hydrogen-bond donors (Lipinski definition) is 2. The highest BCUT2D eigenvalue weighted by Crippen LogP contribution is 2.21. The van der Waals surface area contributed by atoms with E-state index < -0.39 is 0 Å². The molecule has 0 atom stereocenters. The second-order valence-corrected chi connectivity index (χ2v) is 6.30. The van der Waals surface area contributed by atoms with Crippen molar-refractivity contribution in [1.82, 2.24) is 10.3 Å². The molecule has 2 aromatic heterocycles. The number of aromatic nitrogens is 1. The minimum Gasteiger partial charge on any atom is -0.346 e. The molecule has 1 amide bonds. The van der Waals surface area contributed by atoms with Crippen molar-refractivity contribution in [1.29, 1.82) is 0 Å². The van der Waals surface area contributed by atoms with E-state index in [9.17, 15) is 4.79 Å². The highest BCUT2D eigenvalue weighted by molar-refractivity contribution is 7.16. The van der Waals surface area contributed by atoms with E-state index in [0.29, 0.717) is 25.2 Å². The number of halogens is 2. The predicted octanol–water partition coefficient (Wildman–Crippen LogP) is 2.71. The third-order valence-corrected chi connectivity index (χ3v) is 4.33. The number of amides is 1. The van der Waals surface area contributed by atoms with Crippen molar-refractivity contribution in [2.24, 2.45) is 5.73 Å². The number of thiazole rings is 1. The summed E-state index contributed by atoms with van der Waals surface area (Å²) in [6, 6.07) is 3.71. The van der Waals surface area contributed by atoms with Crippen molar-refractivity contribution in [3.05, 3.63) is 37.4 Å². The van der Waals surface area contributed by atoms with Crippen LogP contribution in [0.3, 0.4) is 0 Å². The van der Waals surface area contributed by atoms with Gasteiger partial charge in [0.1, 0.15) is 5.69 Å². The number of nitrogens with one attached hydrogen (secondary N) is 1. The molecular formula is C11H13Cl2N3OS2. The molecule has 104 valence electrons. The fraction of sp³-hybridized carbons (Fsp3) is 0.273. The van der Waals surface area contributed by atoms with Crippen LogP contribution in [0.5, 0.6) is 0 Å². The Labute approximate surface area is 130 Å². The van der Waals surface area contributed by atoms with Crippen LogP contribution in [-0.4, -0.2) is 17.4 Å². The van der Waals surface area contributed by atoms with Crippen LogP contribution in [0.25, 0.3) is 0 Å². The van der Waals surface area contributed by atoms with Gasteiger partial charge in [0.15, 0.2) is 0 Å². The van der Waals surface area contributed by atoms with Crippen LogP contribution in [0.15, 0.2) is 17.5 Å². The normalized spacial score (nSPS) is 10.0. The van der Waals surface area contributed by atoms with Crippen molar-refractivity contribution in [2.45, 2.75) is 13.0 Å². The van der Waals surface area contributed by atoms with Gasteiger partial charge in [-0.2, -0.15) is 0 Å². The minimum atomic E-state index is -0.168. The first kappa shape index (κ1) is 16.4. The summed E-state index contributed by atoms with van der Waals surface area (Å²) in [5.74, 6) is -0.168. The monoisotopic (exact) mass is 337 g/mol. The van der Waals surface area contributed by atoms with E-state index in [1.807, 2.05) is 12.1 Å².